The molecule has 1 amide bonds. The minimum absolute atomic E-state index is 0. The quantitative estimate of drug-likeness (QED) is 0.732. The van der Waals surface area contributed by atoms with Gasteiger partial charge in [0.1, 0.15) is 0 Å². The van der Waals surface area contributed by atoms with Crippen molar-refractivity contribution in [1.29, 1.82) is 0 Å². The Morgan fingerprint density at radius 1 is 1.33 bits per heavy atom. The molecule has 0 radical (unpaired) electrons. The van der Waals surface area contributed by atoms with Crippen molar-refractivity contribution in [2.24, 2.45) is 17.4 Å². The molecular weight excluding hydrogens is 199 g/mol. The summed E-state index contributed by atoms with van der Waals surface area (Å²) in [5.41, 5.74) is 10.5. The number of carbonyl (C=O) groups excluding carboxylic acids is 1. The maximum atomic E-state index is 10.3. The number of primary amides is 1. The molecule has 1 saturated carbocycles. The molecule has 0 spiro atoms. The van der Waals surface area contributed by atoms with Gasteiger partial charge in [-0.3, -0.25) is 4.79 Å². The summed E-state index contributed by atoms with van der Waals surface area (Å²) in [6.45, 7) is 0. The maximum Gasteiger partial charge on any atom is 0.217 e. The predicted molar refractivity (Wildman–Crippen MR) is 53.6 cm³/mol. The van der Waals surface area contributed by atoms with Crippen LogP contribution in [0.15, 0.2) is 0 Å². The molecule has 5 heteroatoms. The molecule has 4 N–H and O–H groups in total. The molecule has 0 aromatic heterocycles. The second kappa shape index (κ2) is 6.52. The van der Waals surface area contributed by atoms with Gasteiger partial charge in [-0.2, -0.15) is 0 Å². The van der Waals surface area contributed by atoms with Crippen molar-refractivity contribution >= 4 is 30.7 Å². The van der Waals surface area contributed by atoms with E-state index in [1.807, 2.05) is 0 Å². The minimum Gasteiger partial charge on any atom is -0.370 e. The zero-order valence-electron chi connectivity index (χ0n) is 6.86. The Morgan fingerprint density at radius 3 is 2.17 bits per heavy atom. The van der Waals surface area contributed by atoms with Crippen molar-refractivity contribution in [3.8, 4) is 0 Å². The van der Waals surface area contributed by atoms with Gasteiger partial charge >= 0.3 is 0 Å². The van der Waals surface area contributed by atoms with Gasteiger partial charge in [-0.05, 0) is 25.2 Å². The first-order chi connectivity index (χ1) is 4.68. The second-order valence-electron chi connectivity index (χ2n) is 3.10. The van der Waals surface area contributed by atoms with E-state index in [9.17, 15) is 4.79 Å². The topological polar surface area (TPSA) is 69.1 Å². The summed E-state index contributed by atoms with van der Waals surface area (Å²) in [4.78, 5) is 10.3. The Hall–Kier alpha value is 0.01000. The molecule has 0 aliphatic heterocycles. The molecule has 1 rings (SSSR count). The number of nitrogens with two attached hydrogens (primary N) is 2. The van der Waals surface area contributed by atoms with Gasteiger partial charge in [-0.1, -0.05) is 0 Å². The second-order valence-corrected chi connectivity index (χ2v) is 3.10. The van der Waals surface area contributed by atoms with Crippen LogP contribution in [0.4, 0.5) is 0 Å². The largest absolute Gasteiger partial charge is 0.370 e. The summed E-state index contributed by atoms with van der Waals surface area (Å²) in [7, 11) is 0. The fourth-order valence-electron chi connectivity index (χ4n) is 1.37. The lowest BCUT2D eigenvalue weighted by molar-refractivity contribution is -0.118. The molecule has 12 heavy (non-hydrogen) atoms. The summed E-state index contributed by atoms with van der Waals surface area (Å²) in [5.74, 6) is 0.475. The van der Waals surface area contributed by atoms with Crippen LogP contribution in [-0.4, -0.2) is 11.9 Å². The number of rotatable bonds is 3. The van der Waals surface area contributed by atoms with Crippen molar-refractivity contribution < 1.29 is 4.79 Å². The molecule has 0 bridgehead atoms. The van der Waals surface area contributed by atoms with E-state index in [0.717, 1.165) is 19.3 Å². The molecule has 0 aromatic rings. The summed E-state index contributed by atoms with van der Waals surface area (Å²) in [6, 6.07) is 0.387. The predicted octanol–water partition coefficient (Wildman–Crippen LogP) is 0.833. The molecule has 74 valence electrons. The number of hydrogen-bond acceptors (Lipinski definition) is 2. The van der Waals surface area contributed by atoms with Crippen LogP contribution in [0.1, 0.15) is 25.7 Å². The zero-order chi connectivity index (χ0) is 7.56. The Labute approximate surface area is 85.1 Å². The normalized spacial score (nSPS) is 26.1. The summed E-state index contributed by atoms with van der Waals surface area (Å²) in [6.07, 6.45) is 3.61. The van der Waals surface area contributed by atoms with Crippen LogP contribution in [0.25, 0.3) is 0 Å². The van der Waals surface area contributed by atoms with E-state index < -0.39 is 0 Å². The molecule has 0 heterocycles. The van der Waals surface area contributed by atoms with Crippen LogP contribution >= 0.6 is 24.8 Å². The Bertz CT molecular complexity index is 137. The van der Waals surface area contributed by atoms with Crippen LogP contribution in [-0.2, 0) is 4.79 Å². The van der Waals surface area contributed by atoms with Crippen LogP contribution in [0, 0.1) is 5.92 Å². The molecular formula is C7H16Cl2N2O. The first-order valence-electron chi connectivity index (χ1n) is 3.72. The SMILES string of the molecule is Cl.Cl.NC(=O)CCC1CC(N)C1. The third kappa shape index (κ3) is 4.80. The van der Waals surface area contributed by atoms with Crippen LogP contribution in [0.3, 0.4) is 0 Å². The fourth-order valence-corrected chi connectivity index (χ4v) is 1.37. The van der Waals surface area contributed by atoms with Crippen molar-refractivity contribution in [2.75, 3.05) is 0 Å². The van der Waals surface area contributed by atoms with Crippen LogP contribution < -0.4 is 11.5 Å². The lowest BCUT2D eigenvalue weighted by Gasteiger charge is -2.31. The number of hydrogen-bond donors (Lipinski definition) is 2. The summed E-state index contributed by atoms with van der Waals surface area (Å²) < 4.78 is 0. The van der Waals surface area contributed by atoms with Gasteiger partial charge < -0.3 is 11.5 Å². The fraction of sp³-hybridized carbons (Fsp3) is 0.857. The molecule has 0 atom stereocenters. The van der Waals surface area contributed by atoms with E-state index in [4.69, 9.17) is 11.5 Å². The molecule has 0 unspecified atom stereocenters. The Balaban J connectivity index is 0. The van der Waals surface area contributed by atoms with E-state index in [0.29, 0.717) is 18.4 Å². The van der Waals surface area contributed by atoms with E-state index in [1.54, 1.807) is 0 Å². The molecule has 1 aliphatic carbocycles. The van der Waals surface area contributed by atoms with E-state index in [-0.39, 0.29) is 30.7 Å². The first kappa shape index (κ1) is 14.5. The summed E-state index contributed by atoms with van der Waals surface area (Å²) in [5, 5.41) is 0. The molecule has 0 aromatic carbocycles. The van der Waals surface area contributed by atoms with Crippen molar-refractivity contribution in [3.63, 3.8) is 0 Å². The van der Waals surface area contributed by atoms with Gasteiger partial charge in [0.25, 0.3) is 0 Å². The highest BCUT2D eigenvalue weighted by atomic mass is 35.5. The Morgan fingerprint density at radius 2 is 1.83 bits per heavy atom. The number of carbonyl (C=O) groups is 1. The molecule has 0 saturated heterocycles. The van der Waals surface area contributed by atoms with Gasteiger partial charge in [-0.15, -0.1) is 24.8 Å². The number of amides is 1. The lowest BCUT2D eigenvalue weighted by atomic mass is 9.78. The summed E-state index contributed by atoms with van der Waals surface area (Å²) >= 11 is 0. The Kier molecular flexibility index (Phi) is 7.89. The van der Waals surface area contributed by atoms with Crippen molar-refractivity contribution in [1.82, 2.24) is 0 Å². The standard InChI is InChI=1S/C7H14N2O.2ClH/c8-6-3-5(4-6)1-2-7(9)10;;/h5-6H,1-4,8H2,(H2,9,10);2*1H. The van der Waals surface area contributed by atoms with Crippen LogP contribution in [0.2, 0.25) is 0 Å². The number of halogens is 2. The van der Waals surface area contributed by atoms with E-state index in [1.165, 1.54) is 0 Å². The highest BCUT2D eigenvalue weighted by Gasteiger charge is 2.25. The average molecular weight is 215 g/mol. The third-order valence-electron chi connectivity index (χ3n) is 2.07. The molecule has 1 fully saturated rings. The zero-order valence-corrected chi connectivity index (χ0v) is 8.50. The molecule has 1 aliphatic rings. The van der Waals surface area contributed by atoms with E-state index >= 15 is 0 Å². The van der Waals surface area contributed by atoms with Gasteiger partial charge in [0.2, 0.25) is 5.91 Å². The van der Waals surface area contributed by atoms with Crippen LogP contribution in [0.5, 0.6) is 0 Å². The van der Waals surface area contributed by atoms with Crippen molar-refractivity contribution in [3.05, 3.63) is 0 Å². The smallest absolute Gasteiger partial charge is 0.217 e. The van der Waals surface area contributed by atoms with Gasteiger partial charge in [0.05, 0.1) is 0 Å². The van der Waals surface area contributed by atoms with Crippen molar-refractivity contribution in [2.45, 2.75) is 31.7 Å². The van der Waals surface area contributed by atoms with E-state index in [2.05, 4.69) is 0 Å². The van der Waals surface area contributed by atoms with Gasteiger partial charge in [0, 0.05) is 12.5 Å². The third-order valence-corrected chi connectivity index (χ3v) is 2.07. The molecule has 3 nitrogen and oxygen atoms in total. The monoisotopic (exact) mass is 214 g/mol. The first-order valence-corrected chi connectivity index (χ1v) is 3.72. The highest BCUT2D eigenvalue weighted by molar-refractivity contribution is 5.85. The lowest BCUT2D eigenvalue weighted by Crippen LogP contribution is -2.36. The van der Waals surface area contributed by atoms with Gasteiger partial charge in [-0.25, -0.2) is 0 Å². The minimum atomic E-state index is -0.194. The average Bonchev–Trinajstić information content (AvgIpc) is 1.77. The maximum absolute atomic E-state index is 10.3. The van der Waals surface area contributed by atoms with Gasteiger partial charge in [0.15, 0.2) is 0 Å². The highest BCUT2D eigenvalue weighted by Crippen LogP contribution is 2.29.